The van der Waals surface area contributed by atoms with Gasteiger partial charge in [-0.25, -0.2) is 4.39 Å². The maximum absolute atomic E-state index is 13.1. The number of ether oxygens (including phenoxy) is 1. The standard InChI is InChI=1S/C23H26FN3O4/c1-31-20-10-8-19(9-11-20)26-21(28)13-25-22(29)15-27(14-17-2-3-17)23(30)12-16-4-6-18(24)7-5-16/h4-11,17H,2-3,12-15H2,1H3,(H,25,29)(H,26,28). The maximum atomic E-state index is 13.1. The van der Waals surface area contributed by atoms with E-state index in [-0.39, 0.29) is 37.1 Å². The van der Waals surface area contributed by atoms with Gasteiger partial charge in [0.2, 0.25) is 17.7 Å². The van der Waals surface area contributed by atoms with Crippen LogP contribution < -0.4 is 15.4 Å². The summed E-state index contributed by atoms with van der Waals surface area (Å²) in [7, 11) is 1.56. The first kappa shape index (κ1) is 22.3. The number of hydrogen-bond acceptors (Lipinski definition) is 4. The minimum atomic E-state index is -0.405. The van der Waals surface area contributed by atoms with E-state index < -0.39 is 5.91 Å². The molecule has 3 amide bonds. The van der Waals surface area contributed by atoms with Crippen LogP contribution in [0.1, 0.15) is 18.4 Å². The number of hydrogen-bond donors (Lipinski definition) is 2. The van der Waals surface area contributed by atoms with Crippen LogP contribution in [-0.4, -0.2) is 49.4 Å². The normalized spacial score (nSPS) is 12.7. The number of rotatable bonds is 10. The van der Waals surface area contributed by atoms with Crippen LogP contribution in [0.15, 0.2) is 48.5 Å². The number of carbonyl (C=O) groups is 3. The van der Waals surface area contributed by atoms with E-state index in [2.05, 4.69) is 10.6 Å². The van der Waals surface area contributed by atoms with E-state index in [0.29, 0.717) is 29.5 Å². The van der Waals surface area contributed by atoms with Gasteiger partial charge in [-0.2, -0.15) is 0 Å². The highest BCUT2D eigenvalue weighted by molar-refractivity contribution is 5.95. The molecular weight excluding hydrogens is 401 g/mol. The lowest BCUT2D eigenvalue weighted by Crippen LogP contribution is -2.44. The summed E-state index contributed by atoms with van der Waals surface area (Å²) in [5.74, 6) is -0.256. The van der Waals surface area contributed by atoms with Crippen LogP contribution in [0, 0.1) is 11.7 Å². The second kappa shape index (κ2) is 10.6. The molecule has 0 unspecified atom stereocenters. The van der Waals surface area contributed by atoms with Gasteiger partial charge in [0.1, 0.15) is 11.6 Å². The molecule has 0 radical (unpaired) electrons. The monoisotopic (exact) mass is 427 g/mol. The summed E-state index contributed by atoms with van der Waals surface area (Å²) in [5.41, 5.74) is 1.27. The van der Waals surface area contributed by atoms with Crippen LogP contribution >= 0.6 is 0 Å². The molecule has 7 nitrogen and oxygen atoms in total. The van der Waals surface area contributed by atoms with Crippen molar-refractivity contribution in [2.24, 2.45) is 5.92 Å². The first-order chi connectivity index (χ1) is 14.9. The zero-order chi connectivity index (χ0) is 22.2. The highest BCUT2D eigenvalue weighted by Gasteiger charge is 2.28. The molecule has 2 N–H and O–H groups in total. The fourth-order valence-electron chi connectivity index (χ4n) is 3.04. The quantitative estimate of drug-likeness (QED) is 0.610. The van der Waals surface area contributed by atoms with Gasteiger partial charge in [0.25, 0.3) is 0 Å². The third kappa shape index (κ3) is 7.40. The minimum Gasteiger partial charge on any atom is -0.497 e. The van der Waals surface area contributed by atoms with Gasteiger partial charge in [-0.05, 0) is 60.7 Å². The molecule has 0 atom stereocenters. The van der Waals surface area contributed by atoms with Gasteiger partial charge in [-0.1, -0.05) is 12.1 Å². The fourth-order valence-corrected chi connectivity index (χ4v) is 3.04. The molecule has 31 heavy (non-hydrogen) atoms. The van der Waals surface area contributed by atoms with Crippen LogP contribution in [0.5, 0.6) is 5.75 Å². The average Bonchev–Trinajstić information content (AvgIpc) is 3.58. The minimum absolute atomic E-state index is 0.0955. The predicted octanol–water partition coefficient (Wildman–Crippen LogP) is 2.37. The molecule has 1 aliphatic rings. The Morgan fingerprint density at radius 2 is 1.71 bits per heavy atom. The summed E-state index contributed by atoms with van der Waals surface area (Å²) in [6.45, 7) is 0.187. The number of amides is 3. The zero-order valence-electron chi connectivity index (χ0n) is 17.4. The number of carbonyl (C=O) groups excluding carboxylic acids is 3. The molecule has 0 aromatic heterocycles. The highest BCUT2D eigenvalue weighted by Crippen LogP contribution is 2.29. The molecule has 8 heteroatoms. The van der Waals surface area contributed by atoms with E-state index in [1.807, 2.05) is 0 Å². The van der Waals surface area contributed by atoms with E-state index in [1.165, 1.54) is 17.0 Å². The molecule has 2 aromatic rings. The van der Waals surface area contributed by atoms with Gasteiger partial charge in [0.15, 0.2) is 0 Å². The van der Waals surface area contributed by atoms with Gasteiger partial charge < -0.3 is 20.3 Å². The average molecular weight is 427 g/mol. The topological polar surface area (TPSA) is 87.7 Å². The number of halogens is 1. The lowest BCUT2D eigenvalue weighted by atomic mass is 10.1. The van der Waals surface area contributed by atoms with Gasteiger partial charge in [-0.15, -0.1) is 0 Å². The van der Waals surface area contributed by atoms with Crippen molar-refractivity contribution in [2.45, 2.75) is 19.3 Å². The SMILES string of the molecule is COc1ccc(NC(=O)CNC(=O)CN(CC2CC2)C(=O)Cc2ccc(F)cc2)cc1. The molecule has 0 saturated heterocycles. The molecule has 1 fully saturated rings. The third-order valence-electron chi connectivity index (χ3n) is 4.95. The Hall–Kier alpha value is -3.42. The fraction of sp³-hybridized carbons (Fsp3) is 0.348. The van der Waals surface area contributed by atoms with E-state index in [9.17, 15) is 18.8 Å². The zero-order valence-corrected chi connectivity index (χ0v) is 17.4. The van der Waals surface area contributed by atoms with Gasteiger partial charge in [-0.3, -0.25) is 14.4 Å². The Balaban J connectivity index is 1.48. The van der Waals surface area contributed by atoms with Gasteiger partial charge in [0, 0.05) is 12.2 Å². The van der Waals surface area contributed by atoms with Crippen molar-refractivity contribution < 1.29 is 23.5 Å². The van der Waals surface area contributed by atoms with Gasteiger partial charge in [0.05, 0.1) is 26.6 Å². The van der Waals surface area contributed by atoms with E-state index >= 15 is 0 Å². The van der Waals surface area contributed by atoms with Crippen LogP contribution in [0.2, 0.25) is 0 Å². The van der Waals surface area contributed by atoms with E-state index in [0.717, 1.165) is 12.8 Å². The summed E-state index contributed by atoms with van der Waals surface area (Å²) in [6, 6.07) is 12.6. The molecule has 0 bridgehead atoms. The summed E-state index contributed by atoms with van der Waals surface area (Å²) in [6.07, 6.45) is 2.16. The van der Waals surface area contributed by atoms with Crippen LogP contribution in [0.25, 0.3) is 0 Å². The molecule has 1 saturated carbocycles. The van der Waals surface area contributed by atoms with Crippen LogP contribution in [0.4, 0.5) is 10.1 Å². The first-order valence-electron chi connectivity index (χ1n) is 10.2. The van der Waals surface area contributed by atoms with Gasteiger partial charge >= 0.3 is 0 Å². The van der Waals surface area contributed by atoms with E-state index in [4.69, 9.17) is 4.74 Å². The summed E-state index contributed by atoms with van der Waals surface area (Å²) < 4.78 is 18.1. The number of nitrogens with zero attached hydrogens (tertiary/aromatic N) is 1. The number of methoxy groups -OCH3 is 1. The predicted molar refractivity (Wildman–Crippen MR) is 114 cm³/mol. The lowest BCUT2D eigenvalue weighted by molar-refractivity contribution is -0.136. The number of anilines is 1. The Labute approximate surface area is 180 Å². The summed E-state index contributed by atoms with van der Waals surface area (Å²) >= 11 is 0. The third-order valence-corrected chi connectivity index (χ3v) is 4.95. The Kier molecular flexibility index (Phi) is 7.59. The van der Waals surface area contributed by atoms with E-state index in [1.54, 1.807) is 43.5 Å². The Morgan fingerprint density at radius 3 is 2.32 bits per heavy atom. The van der Waals surface area contributed by atoms with Crippen molar-refractivity contribution in [3.05, 3.63) is 59.9 Å². The van der Waals surface area contributed by atoms with Crippen molar-refractivity contribution in [2.75, 3.05) is 32.1 Å². The molecule has 164 valence electrons. The number of nitrogens with one attached hydrogen (secondary N) is 2. The first-order valence-corrected chi connectivity index (χ1v) is 10.2. The Bertz CT molecular complexity index is 911. The van der Waals surface area contributed by atoms with Crippen molar-refractivity contribution in [1.82, 2.24) is 10.2 Å². The Morgan fingerprint density at radius 1 is 1.03 bits per heavy atom. The van der Waals surface area contributed by atoms with Crippen molar-refractivity contribution >= 4 is 23.4 Å². The molecule has 0 heterocycles. The molecular formula is C23H26FN3O4. The maximum Gasteiger partial charge on any atom is 0.243 e. The molecule has 1 aliphatic carbocycles. The lowest BCUT2D eigenvalue weighted by Gasteiger charge is -2.22. The second-order valence-electron chi connectivity index (χ2n) is 7.57. The molecule has 3 rings (SSSR count). The summed E-state index contributed by atoms with van der Waals surface area (Å²) in [4.78, 5) is 38.6. The molecule has 0 aliphatic heterocycles. The van der Waals surface area contributed by atoms with Crippen molar-refractivity contribution in [3.8, 4) is 5.75 Å². The summed E-state index contributed by atoms with van der Waals surface area (Å²) in [5, 5.41) is 5.24. The van der Waals surface area contributed by atoms with Crippen LogP contribution in [-0.2, 0) is 20.8 Å². The number of benzene rings is 2. The highest BCUT2D eigenvalue weighted by atomic mass is 19.1. The van der Waals surface area contributed by atoms with Crippen LogP contribution in [0.3, 0.4) is 0 Å². The largest absolute Gasteiger partial charge is 0.497 e. The van der Waals surface area contributed by atoms with Crippen molar-refractivity contribution in [3.63, 3.8) is 0 Å². The van der Waals surface area contributed by atoms with Crippen molar-refractivity contribution in [1.29, 1.82) is 0 Å². The molecule has 2 aromatic carbocycles. The molecule has 0 spiro atoms. The smallest absolute Gasteiger partial charge is 0.243 e. The second-order valence-corrected chi connectivity index (χ2v) is 7.57.